The van der Waals surface area contributed by atoms with Crippen molar-refractivity contribution in [1.82, 2.24) is 24.3 Å². The highest BCUT2D eigenvalue weighted by atomic mass is 16.3. The van der Waals surface area contributed by atoms with Gasteiger partial charge in [-0.2, -0.15) is 0 Å². The summed E-state index contributed by atoms with van der Waals surface area (Å²) in [4.78, 5) is 40.9. The number of nitrogens with two attached hydrogens (primary N) is 1. The maximum absolute atomic E-state index is 12.9. The smallest absolute Gasteiger partial charge is 0.256 e. The Morgan fingerprint density at radius 3 is 2.67 bits per heavy atom. The van der Waals surface area contributed by atoms with E-state index < -0.39 is 5.60 Å². The third kappa shape index (κ3) is 4.61. The number of fused-ring (bicyclic) bond motifs is 2. The molecule has 2 aliphatic rings. The van der Waals surface area contributed by atoms with Crippen LogP contribution in [0.15, 0.2) is 55.0 Å². The number of imidazole rings is 1. The summed E-state index contributed by atoms with van der Waals surface area (Å²) in [7, 11) is 0. The van der Waals surface area contributed by atoms with Crippen molar-refractivity contribution in [3.8, 4) is 11.3 Å². The Morgan fingerprint density at radius 1 is 1.10 bits per heavy atom. The molecule has 10 nitrogen and oxygen atoms in total. The van der Waals surface area contributed by atoms with Gasteiger partial charge in [0, 0.05) is 54.6 Å². The number of hydrogen-bond acceptors (Lipinski definition) is 7. The van der Waals surface area contributed by atoms with Crippen molar-refractivity contribution in [2.75, 3.05) is 17.6 Å². The maximum Gasteiger partial charge on any atom is 0.256 e. The summed E-state index contributed by atoms with van der Waals surface area (Å²) < 4.78 is 1.99. The number of rotatable bonds is 5. The van der Waals surface area contributed by atoms with Crippen molar-refractivity contribution in [2.45, 2.75) is 57.1 Å². The molecule has 2 aliphatic heterocycles. The molecule has 0 bridgehead atoms. The SMILES string of the molecule is CC(C)(O)c1ccnc(NC(=O)c2ccc(-c3nc(C4CCC5CCC(=O)N5C4)n4ccnc(N)c34)cc2)c1. The number of hydrogen-bond donors (Lipinski definition) is 3. The summed E-state index contributed by atoms with van der Waals surface area (Å²) in [5.74, 6) is 1.61. The molecule has 200 valence electrons. The molecule has 6 rings (SSSR count). The maximum atomic E-state index is 12.9. The van der Waals surface area contributed by atoms with Gasteiger partial charge < -0.3 is 21.1 Å². The average molecular weight is 526 g/mol. The normalized spacial score (nSPS) is 19.4. The van der Waals surface area contributed by atoms with Gasteiger partial charge in [0.1, 0.15) is 28.7 Å². The predicted molar refractivity (Wildman–Crippen MR) is 147 cm³/mol. The van der Waals surface area contributed by atoms with Gasteiger partial charge in [-0.15, -0.1) is 0 Å². The molecule has 10 heteroatoms. The number of nitrogens with zero attached hydrogens (tertiary/aromatic N) is 5. The molecule has 0 aliphatic carbocycles. The molecule has 2 amide bonds. The van der Waals surface area contributed by atoms with Crippen LogP contribution < -0.4 is 11.1 Å². The second-order valence-electron chi connectivity index (χ2n) is 10.9. The summed E-state index contributed by atoms with van der Waals surface area (Å²) in [6, 6.07) is 10.9. The highest BCUT2D eigenvalue weighted by Gasteiger charge is 2.38. The van der Waals surface area contributed by atoms with Crippen molar-refractivity contribution in [2.24, 2.45) is 0 Å². The minimum atomic E-state index is -1.05. The molecule has 2 saturated heterocycles. The van der Waals surface area contributed by atoms with E-state index in [2.05, 4.69) is 15.3 Å². The minimum Gasteiger partial charge on any atom is -0.386 e. The Kier molecular flexibility index (Phi) is 6.06. The lowest BCUT2D eigenvalue weighted by molar-refractivity contribution is -0.130. The molecule has 3 aromatic heterocycles. The Morgan fingerprint density at radius 2 is 1.90 bits per heavy atom. The summed E-state index contributed by atoms with van der Waals surface area (Å²) in [6.45, 7) is 4.01. The number of nitrogens with one attached hydrogen (secondary N) is 1. The first kappa shape index (κ1) is 25.0. The Bertz CT molecular complexity index is 1570. The van der Waals surface area contributed by atoms with Crippen molar-refractivity contribution >= 4 is 29.0 Å². The van der Waals surface area contributed by atoms with Crippen LogP contribution in [0.4, 0.5) is 11.6 Å². The van der Waals surface area contributed by atoms with Crippen molar-refractivity contribution in [1.29, 1.82) is 0 Å². The van der Waals surface area contributed by atoms with Crippen molar-refractivity contribution in [3.05, 3.63) is 71.9 Å². The number of benzene rings is 1. The molecule has 39 heavy (non-hydrogen) atoms. The third-order valence-corrected chi connectivity index (χ3v) is 7.82. The molecule has 0 radical (unpaired) electrons. The van der Waals surface area contributed by atoms with Gasteiger partial charge in [0.15, 0.2) is 0 Å². The number of piperidine rings is 1. The van der Waals surface area contributed by atoms with Gasteiger partial charge in [0.05, 0.1) is 5.60 Å². The monoisotopic (exact) mass is 525 g/mol. The van der Waals surface area contributed by atoms with Gasteiger partial charge >= 0.3 is 0 Å². The van der Waals surface area contributed by atoms with E-state index in [-0.39, 0.29) is 17.7 Å². The van der Waals surface area contributed by atoms with E-state index in [4.69, 9.17) is 10.7 Å². The first-order valence-electron chi connectivity index (χ1n) is 13.2. The Hall–Kier alpha value is -4.31. The highest BCUT2D eigenvalue weighted by Crippen LogP contribution is 2.38. The van der Waals surface area contributed by atoms with E-state index >= 15 is 0 Å². The van der Waals surface area contributed by atoms with E-state index in [1.54, 1.807) is 50.5 Å². The fourth-order valence-electron chi connectivity index (χ4n) is 5.70. The standard InChI is InChI=1S/C29H31N7O3/c1-29(2,39)20-11-12-31-22(15-20)33-28(38)18-5-3-17(4-6-18)24-25-26(30)32-13-14-35(25)27(34-24)19-7-8-21-9-10-23(37)36(21)16-19/h3-6,11-15,19,21,39H,7-10,16H2,1-2H3,(H2,30,32)(H,31,33,38). The number of aliphatic hydroxyl groups is 1. The molecule has 5 heterocycles. The molecule has 4 aromatic rings. The molecular weight excluding hydrogens is 494 g/mol. The van der Waals surface area contributed by atoms with Gasteiger partial charge in [0.2, 0.25) is 5.91 Å². The van der Waals surface area contributed by atoms with Crippen molar-refractivity contribution < 1.29 is 14.7 Å². The number of pyridine rings is 1. The molecule has 2 unspecified atom stereocenters. The van der Waals surface area contributed by atoms with Crippen LogP contribution in [-0.2, 0) is 10.4 Å². The summed E-state index contributed by atoms with van der Waals surface area (Å²) in [5, 5.41) is 13.1. The second-order valence-corrected chi connectivity index (χ2v) is 10.9. The van der Waals surface area contributed by atoms with E-state index in [1.165, 1.54) is 0 Å². The van der Waals surface area contributed by atoms with Crippen LogP contribution in [0.25, 0.3) is 16.8 Å². The van der Waals surface area contributed by atoms with Gasteiger partial charge in [-0.05, 0) is 62.9 Å². The number of anilines is 2. The Balaban J connectivity index is 1.28. The van der Waals surface area contributed by atoms with Crippen LogP contribution in [0.3, 0.4) is 0 Å². The number of amides is 2. The zero-order chi connectivity index (χ0) is 27.3. The zero-order valence-electron chi connectivity index (χ0n) is 22.0. The van der Waals surface area contributed by atoms with Gasteiger partial charge in [0.25, 0.3) is 5.91 Å². The van der Waals surface area contributed by atoms with Crippen LogP contribution in [-0.4, -0.2) is 53.8 Å². The quantitative estimate of drug-likeness (QED) is 0.361. The van der Waals surface area contributed by atoms with Crippen molar-refractivity contribution in [3.63, 3.8) is 0 Å². The van der Waals surface area contributed by atoms with Crippen LogP contribution >= 0.6 is 0 Å². The topological polar surface area (TPSA) is 139 Å². The molecule has 2 fully saturated rings. The molecule has 1 aromatic carbocycles. The average Bonchev–Trinajstić information content (AvgIpc) is 3.50. The van der Waals surface area contributed by atoms with E-state index in [0.717, 1.165) is 30.7 Å². The molecule has 0 spiro atoms. The van der Waals surface area contributed by atoms with Gasteiger partial charge in [-0.25, -0.2) is 15.0 Å². The molecule has 0 saturated carbocycles. The van der Waals surface area contributed by atoms with E-state index in [0.29, 0.717) is 53.0 Å². The second kappa shape index (κ2) is 9.46. The van der Waals surface area contributed by atoms with E-state index in [9.17, 15) is 14.7 Å². The molecule has 4 N–H and O–H groups in total. The van der Waals surface area contributed by atoms with E-state index in [1.807, 2.05) is 27.6 Å². The lowest BCUT2D eigenvalue weighted by Gasteiger charge is -2.34. The minimum absolute atomic E-state index is 0.101. The lowest BCUT2D eigenvalue weighted by atomic mass is 9.92. The number of carbonyl (C=O) groups is 2. The van der Waals surface area contributed by atoms with Crippen LogP contribution in [0.2, 0.25) is 0 Å². The van der Waals surface area contributed by atoms with Crippen LogP contribution in [0.5, 0.6) is 0 Å². The third-order valence-electron chi connectivity index (χ3n) is 7.82. The summed E-state index contributed by atoms with van der Waals surface area (Å²) in [5.41, 5.74) is 8.60. The number of aromatic nitrogens is 4. The zero-order valence-corrected chi connectivity index (χ0v) is 22.0. The van der Waals surface area contributed by atoms with Gasteiger partial charge in [-0.3, -0.25) is 14.0 Å². The van der Waals surface area contributed by atoms with Gasteiger partial charge in [-0.1, -0.05) is 12.1 Å². The predicted octanol–water partition coefficient (Wildman–Crippen LogP) is 3.72. The molecular formula is C29H31N7O3. The van der Waals surface area contributed by atoms with Crippen LogP contribution in [0.1, 0.15) is 67.2 Å². The number of carbonyl (C=O) groups excluding carboxylic acids is 2. The Labute approximate surface area is 225 Å². The summed E-state index contributed by atoms with van der Waals surface area (Å²) >= 11 is 0. The summed E-state index contributed by atoms with van der Waals surface area (Å²) in [6.07, 6.45) is 8.58. The number of nitrogen functional groups attached to an aromatic ring is 1. The first-order chi connectivity index (χ1) is 18.7. The lowest BCUT2D eigenvalue weighted by Crippen LogP contribution is -2.41. The molecule has 2 atom stereocenters. The van der Waals surface area contributed by atoms with Crippen LogP contribution in [0, 0.1) is 0 Å². The first-order valence-corrected chi connectivity index (χ1v) is 13.2. The fourth-order valence-corrected chi connectivity index (χ4v) is 5.70. The largest absolute Gasteiger partial charge is 0.386 e. The fraction of sp³-hybridized carbons (Fsp3) is 0.345. The highest BCUT2D eigenvalue weighted by molar-refractivity contribution is 6.04.